The van der Waals surface area contributed by atoms with Gasteiger partial charge < -0.3 is 10.1 Å². The van der Waals surface area contributed by atoms with Gasteiger partial charge in [-0.25, -0.2) is 0 Å². The lowest BCUT2D eigenvalue weighted by Gasteiger charge is -2.45. The van der Waals surface area contributed by atoms with Gasteiger partial charge in [-0.05, 0) is 45.2 Å². The molecule has 0 aliphatic heterocycles. The minimum Gasteiger partial charge on any atom is -0.373 e. The molecule has 1 aliphatic carbocycles. The van der Waals surface area contributed by atoms with E-state index in [1.165, 1.54) is 24.0 Å². The van der Waals surface area contributed by atoms with Crippen LogP contribution in [0.3, 0.4) is 0 Å². The van der Waals surface area contributed by atoms with Crippen molar-refractivity contribution in [2.75, 3.05) is 13.7 Å². The molecule has 0 aromatic heterocycles. The molecule has 1 fully saturated rings. The predicted molar refractivity (Wildman–Crippen MR) is 85.0 cm³/mol. The van der Waals surface area contributed by atoms with Crippen LogP contribution in [0.1, 0.15) is 56.7 Å². The molecule has 0 saturated heterocycles. The van der Waals surface area contributed by atoms with Crippen molar-refractivity contribution in [2.45, 2.75) is 58.1 Å². The fourth-order valence-corrected chi connectivity index (χ4v) is 3.80. The van der Waals surface area contributed by atoms with E-state index in [9.17, 15) is 0 Å². The normalized spacial score (nSPS) is 28.3. The first-order chi connectivity index (χ1) is 9.61. The van der Waals surface area contributed by atoms with E-state index in [0.717, 1.165) is 25.4 Å². The summed E-state index contributed by atoms with van der Waals surface area (Å²) in [6, 6.07) is 9.18. The van der Waals surface area contributed by atoms with Gasteiger partial charge in [0.25, 0.3) is 0 Å². The van der Waals surface area contributed by atoms with Crippen molar-refractivity contribution in [3.63, 3.8) is 0 Å². The van der Waals surface area contributed by atoms with Crippen molar-refractivity contribution >= 4 is 0 Å². The van der Waals surface area contributed by atoms with Crippen LogP contribution in [0, 0.1) is 12.8 Å². The first kappa shape index (κ1) is 15.5. The summed E-state index contributed by atoms with van der Waals surface area (Å²) in [4.78, 5) is 0. The summed E-state index contributed by atoms with van der Waals surface area (Å²) in [5.74, 6) is 0.747. The van der Waals surface area contributed by atoms with Crippen LogP contribution in [0.4, 0.5) is 0 Å². The lowest BCUT2D eigenvalue weighted by molar-refractivity contribution is -0.100. The summed E-state index contributed by atoms with van der Waals surface area (Å²) in [6.45, 7) is 7.40. The molecular formula is C18H29NO. The van der Waals surface area contributed by atoms with Gasteiger partial charge in [-0.2, -0.15) is 0 Å². The van der Waals surface area contributed by atoms with Gasteiger partial charge in [0.05, 0.1) is 11.6 Å². The van der Waals surface area contributed by atoms with E-state index < -0.39 is 0 Å². The van der Waals surface area contributed by atoms with Crippen LogP contribution in [0.15, 0.2) is 24.3 Å². The Morgan fingerprint density at radius 1 is 1.35 bits per heavy atom. The van der Waals surface area contributed by atoms with Crippen molar-refractivity contribution in [2.24, 2.45) is 5.92 Å². The second-order valence-corrected chi connectivity index (χ2v) is 6.33. The molecule has 1 aromatic carbocycles. The number of benzene rings is 1. The van der Waals surface area contributed by atoms with E-state index in [0.29, 0.717) is 0 Å². The first-order valence-corrected chi connectivity index (χ1v) is 7.99. The number of ether oxygens (including phenoxy) is 1. The Bertz CT molecular complexity index is 410. The molecule has 112 valence electrons. The van der Waals surface area contributed by atoms with Gasteiger partial charge in [-0.3, -0.25) is 0 Å². The van der Waals surface area contributed by atoms with Gasteiger partial charge in [0.1, 0.15) is 0 Å². The number of hydrogen-bond donors (Lipinski definition) is 1. The maximum Gasteiger partial charge on any atom is 0.0878 e. The SMILES string of the molecule is CCOC1(C(NC)c2ccc(C)cc2)CCCC(C)C1. The highest BCUT2D eigenvalue weighted by Crippen LogP contribution is 2.43. The Morgan fingerprint density at radius 2 is 2.05 bits per heavy atom. The largest absolute Gasteiger partial charge is 0.373 e. The molecule has 0 heterocycles. The van der Waals surface area contributed by atoms with Crippen molar-refractivity contribution in [1.82, 2.24) is 5.32 Å². The van der Waals surface area contributed by atoms with Crippen LogP contribution in [-0.4, -0.2) is 19.3 Å². The maximum atomic E-state index is 6.32. The van der Waals surface area contributed by atoms with Gasteiger partial charge in [0.2, 0.25) is 0 Å². The number of likely N-dealkylation sites (N-methyl/N-ethyl adjacent to an activating group) is 1. The van der Waals surface area contributed by atoms with Crippen LogP contribution in [0.25, 0.3) is 0 Å². The predicted octanol–water partition coefficient (Wildman–Crippen LogP) is 4.24. The summed E-state index contributed by atoms with van der Waals surface area (Å²) in [5, 5.41) is 3.53. The maximum absolute atomic E-state index is 6.32. The molecular weight excluding hydrogens is 246 g/mol. The summed E-state index contributed by atoms with van der Waals surface area (Å²) in [7, 11) is 2.06. The van der Waals surface area contributed by atoms with Crippen molar-refractivity contribution in [3.8, 4) is 0 Å². The van der Waals surface area contributed by atoms with Gasteiger partial charge >= 0.3 is 0 Å². The molecule has 0 spiro atoms. The molecule has 2 rings (SSSR count). The van der Waals surface area contributed by atoms with E-state index in [4.69, 9.17) is 4.74 Å². The topological polar surface area (TPSA) is 21.3 Å². The second-order valence-electron chi connectivity index (χ2n) is 6.33. The van der Waals surface area contributed by atoms with E-state index in [1.54, 1.807) is 0 Å². The zero-order valence-electron chi connectivity index (χ0n) is 13.4. The molecule has 0 radical (unpaired) electrons. The summed E-state index contributed by atoms with van der Waals surface area (Å²) >= 11 is 0. The summed E-state index contributed by atoms with van der Waals surface area (Å²) in [6.07, 6.45) is 4.91. The molecule has 3 atom stereocenters. The zero-order chi connectivity index (χ0) is 14.6. The second kappa shape index (κ2) is 6.73. The average molecular weight is 275 g/mol. The molecule has 1 aromatic rings. The Balaban J connectivity index is 2.31. The molecule has 0 bridgehead atoms. The number of nitrogens with one attached hydrogen (secondary N) is 1. The third-order valence-corrected chi connectivity index (χ3v) is 4.65. The summed E-state index contributed by atoms with van der Waals surface area (Å²) in [5.41, 5.74) is 2.61. The average Bonchev–Trinajstić information content (AvgIpc) is 2.42. The van der Waals surface area contributed by atoms with E-state index in [-0.39, 0.29) is 11.6 Å². The van der Waals surface area contributed by atoms with Gasteiger partial charge in [0, 0.05) is 6.61 Å². The molecule has 0 amide bonds. The van der Waals surface area contributed by atoms with Crippen LogP contribution in [0.5, 0.6) is 0 Å². The molecule has 20 heavy (non-hydrogen) atoms. The van der Waals surface area contributed by atoms with Crippen molar-refractivity contribution in [1.29, 1.82) is 0 Å². The van der Waals surface area contributed by atoms with Gasteiger partial charge in [0.15, 0.2) is 0 Å². The third kappa shape index (κ3) is 3.24. The van der Waals surface area contributed by atoms with Crippen LogP contribution < -0.4 is 5.32 Å². The standard InChI is InChI=1S/C18H29NO/c1-5-20-18(12-6-7-15(3)13-18)17(19-4)16-10-8-14(2)9-11-16/h8-11,15,17,19H,5-7,12-13H2,1-4H3. The van der Waals surface area contributed by atoms with Crippen molar-refractivity contribution in [3.05, 3.63) is 35.4 Å². The first-order valence-electron chi connectivity index (χ1n) is 7.99. The monoisotopic (exact) mass is 275 g/mol. The highest BCUT2D eigenvalue weighted by molar-refractivity contribution is 5.27. The Kier molecular flexibility index (Phi) is 5.22. The van der Waals surface area contributed by atoms with Crippen LogP contribution in [0.2, 0.25) is 0 Å². The quantitative estimate of drug-likeness (QED) is 0.868. The Hall–Kier alpha value is -0.860. The number of aryl methyl sites for hydroxylation is 1. The summed E-state index contributed by atoms with van der Waals surface area (Å²) < 4.78 is 6.32. The number of rotatable bonds is 5. The third-order valence-electron chi connectivity index (χ3n) is 4.65. The molecule has 2 nitrogen and oxygen atoms in total. The zero-order valence-corrected chi connectivity index (χ0v) is 13.4. The molecule has 2 heteroatoms. The fraction of sp³-hybridized carbons (Fsp3) is 0.667. The van der Waals surface area contributed by atoms with E-state index in [2.05, 4.69) is 57.4 Å². The van der Waals surface area contributed by atoms with Crippen LogP contribution >= 0.6 is 0 Å². The minimum absolute atomic E-state index is 0.0452. The lowest BCUT2D eigenvalue weighted by atomic mass is 9.72. The molecule has 1 saturated carbocycles. The van der Waals surface area contributed by atoms with E-state index >= 15 is 0 Å². The van der Waals surface area contributed by atoms with E-state index in [1.807, 2.05) is 0 Å². The minimum atomic E-state index is -0.0452. The Morgan fingerprint density at radius 3 is 2.60 bits per heavy atom. The number of hydrogen-bond acceptors (Lipinski definition) is 2. The highest BCUT2D eigenvalue weighted by Gasteiger charge is 2.42. The van der Waals surface area contributed by atoms with Crippen molar-refractivity contribution < 1.29 is 4.74 Å². The molecule has 1 N–H and O–H groups in total. The van der Waals surface area contributed by atoms with Gasteiger partial charge in [-0.1, -0.05) is 49.6 Å². The molecule has 1 aliphatic rings. The smallest absolute Gasteiger partial charge is 0.0878 e. The highest BCUT2D eigenvalue weighted by atomic mass is 16.5. The van der Waals surface area contributed by atoms with Gasteiger partial charge in [-0.15, -0.1) is 0 Å². The molecule has 3 unspecified atom stereocenters. The Labute approximate surface area is 123 Å². The lowest BCUT2D eigenvalue weighted by Crippen LogP contribution is -2.48. The van der Waals surface area contributed by atoms with Crippen LogP contribution in [-0.2, 0) is 4.74 Å². The fourth-order valence-electron chi connectivity index (χ4n) is 3.80.